The van der Waals surface area contributed by atoms with Crippen molar-refractivity contribution in [3.63, 3.8) is 0 Å². The minimum atomic E-state index is -3.20. The molecule has 0 bridgehead atoms. The molecule has 0 aliphatic carbocycles. The first kappa shape index (κ1) is 13.0. The molecule has 0 amide bonds. The van der Waals surface area contributed by atoms with Gasteiger partial charge in [-0.05, 0) is 25.0 Å². The van der Waals surface area contributed by atoms with Crippen LogP contribution < -0.4 is 10.5 Å². The van der Waals surface area contributed by atoms with Crippen LogP contribution in [0, 0.1) is 0 Å². The topological polar surface area (TPSA) is 72.2 Å². The highest BCUT2D eigenvalue weighted by Gasteiger charge is 2.15. The van der Waals surface area contributed by atoms with Gasteiger partial charge in [0.05, 0.1) is 5.75 Å². The highest BCUT2D eigenvalue weighted by atomic mass is 32.2. The Hall–Kier alpha value is -1.07. The van der Waals surface area contributed by atoms with Gasteiger partial charge >= 0.3 is 0 Å². The normalized spacial score (nSPS) is 13.6. The Bertz CT molecular complexity index is 443. The van der Waals surface area contributed by atoms with Crippen LogP contribution in [0.2, 0.25) is 0 Å². The lowest BCUT2D eigenvalue weighted by molar-refractivity contribution is 0.566. The summed E-state index contributed by atoms with van der Waals surface area (Å²) in [4.78, 5) is 0. The van der Waals surface area contributed by atoms with Gasteiger partial charge in [-0.2, -0.15) is 0 Å². The molecule has 1 aromatic rings. The highest BCUT2D eigenvalue weighted by molar-refractivity contribution is 7.89. The van der Waals surface area contributed by atoms with Gasteiger partial charge in [0.1, 0.15) is 0 Å². The first-order chi connectivity index (χ1) is 7.46. The van der Waals surface area contributed by atoms with Crippen LogP contribution in [0.1, 0.15) is 31.9 Å². The number of anilines is 1. The summed E-state index contributed by atoms with van der Waals surface area (Å²) in [7, 11) is -3.20. The molecule has 16 heavy (non-hydrogen) atoms. The van der Waals surface area contributed by atoms with Crippen molar-refractivity contribution >= 4 is 15.7 Å². The summed E-state index contributed by atoms with van der Waals surface area (Å²) in [5, 5.41) is 0. The third kappa shape index (κ3) is 3.50. The summed E-state index contributed by atoms with van der Waals surface area (Å²) < 4.78 is 25.8. The average Bonchev–Trinajstić information content (AvgIpc) is 2.17. The molecule has 0 radical (unpaired) electrons. The van der Waals surface area contributed by atoms with Crippen LogP contribution in [0.15, 0.2) is 24.3 Å². The van der Waals surface area contributed by atoms with Crippen LogP contribution in [0.4, 0.5) is 5.69 Å². The molecule has 0 aromatic heterocycles. The Morgan fingerprint density at radius 3 is 2.56 bits per heavy atom. The molecule has 5 heteroatoms. The zero-order valence-electron chi connectivity index (χ0n) is 9.60. The smallest absolute Gasteiger partial charge is 0.212 e. The van der Waals surface area contributed by atoms with E-state index in [1.54, 1.807) is 13.0 Å². The quantitative estimate of drug-likeness (QED) is 0.771. The fourth-order valence-electron chi connectivity index (χ4n) is 1.57. The van der Waals surface area contributed by atoms with Gasteiger partial charge in [-0.1, -0.05) is 25.1 Å². The number of rotatable bonds is 5. The molecule has 1 atom stereocenters. The Morgan fingerprint density at radius 1 is 1.38 bits per heavy atom. The third-order valence-corrected chi connectivity index (χ3v) is 3.95. The first-order valence-electron chi connectivity index (χ1n) is 5.30. The molecule has 1 unspecified atom stereocenters. The number of benzene rings is 1. The number of nitrogen functional groups attached to an aromatic ring is 1. The van der Waals surface area contributed by atoms with E-state index in [4.69, 9.17) is 5.73 Å². The van der Waals surface area contributed by atoms with Crippen molar-refractivity contribution in [3.05, 3.63) is 29.8 Å². The maximum atomic E-state index is 11.6. The maximum Gasteiger partial charge on any atom is 0.212 e. The Morgan fingerprint density at radius 2 is 2.00 bits per heavy atom. The van der Waals surface area contributed by atoms with E-state index in [1.807, 2.05) is 25.1 Å². The number of para-hydroxylation sites is 1. The predicted molar refractivity (Wildman–Crippen MR) is 66.5 cm³/mol. The molecular weight excluding hydrogens is 224 g/mol. The van der Waals surface area contributed by atoms with Crippen molar-refractivity contribution in [2.24, 2.45) is 0 Å². The third-order valence-electron chi connectivity index (χ3n) is 2.29. The molecular formula is C11H18N2O2S. The van der Waals surface area contributed by atoms with Crippen molar-refractivity contribution in [1.29, 1.82) is 0 Å². The van der Waals surface area contributed by atoms with Crippen LogP contribution >= 0.6 is 0 Å². The average molecular weight is 242 g/mol. The van der Waals surface area contributed by atoms with Gasteiger partial charge in [0.25, 0.3) is 0 Å². The van der Waals surface area contributed by atoms with Gasteiger partial charge in [-0.25, -0.2) is 13.1 Å². The van der Waals surface area contributed by atoms with Crippen molar-refractivity contribution in [2.45, 2.75) is 26.3 Å². The zero-order chi connectivity index (χ0) is 12.2. The van der Waals surface area contributed by atoms with Gasteiger partial charge in [-0.3, -0.25) is 0 Å². The second-order valence-corrected chi connectivity index (χ2v) is 5.66. The summed E-state index contributed by atoms with van der Waals surface area (Å²) in [6.45, 7) is 3.62. The molecule has 0 saturated carbocycles. The van der Waals surface area contributed by atoms with Gasteiger partial charge in [0.2, 0.25) is 10.0 Å². The molecule has 0 saturated heterocycles. The lowest BCUT2D eigenvalue weighted by Gasteiger charge is -2.15. The highest BCUT2D eigenvalue weighted by Crippen LogP contribution is 2.20. The number of hydrogen-bond donors (Lipinski definition) is 2. The monoisotopic (exact) mass is 242 g/mol. The van der Waals surface area contributed by atoms with E-state index in [-0.39, 0.29) is 11.8 Å². The molecule has 1 aromatic carbocycles. The minimum absolute atomic E-state index is 0.143. The number of hydrogen-bond acceptors (Lipinski definition) is 3. The van der Waals surface area contributed by atoms with Crippen LogP contribution in [-0.2, 0) is 10.0 Å². The van der Waals surface area contributed by atoms with E-state index < -0.39 is 10.0 Å². The Balaban J connectivity index is 2.81. The summed E-state index contributed by atoms with van der Waals surface area (Å²) in [5.74, 6) is 0.143. The van der Waals surface area contributed by atoms with Gasteiger partial charge in [0.15, 0.2) is 0 Å². The van der Waals surface area contributed by atoms with E-state index >= 15 is 0 Å². The Kier molecular flexibility index (Phi) is 4.32. The van der Waals surface area contributed by atoms with Crippen molar-refractivity contribution in [1.82, 2.24) is 4.72 Å². The first-order valence-corrected chi connectivity index (χ1v) is 6.96. The molecule has 0 aliphatic rings. The van der Waals surface area contributed by atoms with E-state index in [0.717, 1.165) is 5.56 Å². The number of nitrogens with one attached hydrogen (secondary N) is 1. The second kappa shape index (κ2) is 5.32. The van der Waals surface area contributed by atoms with E-state index in [1.165, 1.54) is 0 Å². The second-order valence-electron chi connectivity index (χ2n) is 3.79. The SMILES string of the molecule is CCCS(=O)(=O)NC(C)c1ccccc1N. The van der Waals surface area contributed by atoms with Gasteiger partial charge in [-0.15, -0.1) is 0 Å². The maximum absolute atomic E-state index is 11.6. The zero-order valence-corrected chi connectivity index (χ0v) is 10.4. The summed E-state index contributed by atoms with van der Waals surface area (Å²) in [6.07, 6.45) is 0.603. The van der Waals surface area contributed by atoms with Crippen LogP contribution in [0.5, 0.6) is 0 Å². The Labute approximate surface area is 96.9 Å². The summed E-state index contributed by atoms with van der Waals surface area (Å²) in [6, 6.07) is 6.97. The molecule has 0 aliphatic heterocycles. The van der Waals surface area contributed by atoms with E-state index in [0.29, 0.717) is 12.1 Å². The van der Waals surface area contributed by atoms with Crippen LogP contribution in [0.3, 0.4) is 0 Å². The lowest BCUT2D eigenvalue weighted by atomic mass is 10.1. The molecule has 0 heterocycles. The van der Waals surface area contributed by atoms with Crippen LogP contribution in [-0.4, -0.2) is 14.2 Å². The molecule has 0 fully saturated rings. The number of sulfonamides is 1. The van der Waals surface area contributed by atoms with Gasteiger partial charge in [0, 0.05) is 11.7 Å². The summed E-state index contributed by atoms with van der Waals surface area (Å²) in [5.41, 5.74) is 7.19. The molecule has 3 N–H and O–H groups in total. The summed E-state index contributed by atoms with van der Waals surface area (Å²) >= 11 is 0. The molecule has 1 rings (SSSR count). The minimum Gasteiger partial charge on any atom is -0.398 e. The van der Waals surface area contributed by atoms with Gasteiger partial charge < -0.3 is 5.73 Å². The largest absolute Gasteiger partial charge is 0.398 e. The number of nitrogens with two attached hydrogens (primary N) is 1. The van der Waals surface area contributed by atoms with Crippen molar-refractivity contribution in [3.8, 4) is 0 Å². The molecule has 90 valence electrons. The standard InChI is InChI=1S/C11H18N2O2S/c1-3-8-16(14,15)13-9(2)10-6-4-5-7-11(10)12/h4-7,9,13H,3,8,12H2,1-2H3. The molecule has 4 nitrogen and oxygen atoms in total. The lowest BCUT2D eigenvalue weighted by Crippen LogP contribution is -2.29. The molecule has 0 spiro atoms. The fraction of sp³-hybridized carbons (Fsp3) is 0.455. The van der Waals surface area contributed by atoms with Crippen LogP contribution in [0.25, 0.3) is 0 Å². The van der Waals surface area contributed by atoms with Crippen molar-refractivity contribution in [2.75, 3.05) is 11.5 Å². The van der Waals surface area contributed by atoms with E-state index in [2.05, 4.69) is 4.72 Å². The fourth-order valence-corrected chi connectivity index (χ4v) is 2.89. The van der Waals surface area contributed by atoms with Crippen molar-refractivity contribution < 1.29 is 8.42 Å². The predicted octanol–water partition coefficient (Wildman–Crippen LogP) is 1.66. The van der Waals surface area contributed by atoms with E-state index in [9.17, 15) is 8.42 Å².